The molecule has 1 saturated heterocycles. The van der Waals surface area contributed by atoms with Crippen molar-refractivity contribution in [3.63, 3.8) is 0 Å². The maximum atomic E-state index is 11.9. The molecule has 0 bridgehead atoms. The van der Waals surface area contributed by atoms with Crippen LogP contribution in [-0.4, -0.2) is 37.0 Å². The van der Waals surface area contributed by atoms with Crippen LogP contribution in [-0.2, 0) is 4.79 Å². The topological polar surface area (TPSA) is 32.3 Å². The van der Waals surface area contributed by atoms with Crippen molar-refractivity contribution in [1.82, 2.24) is 10.2 Å². The molecule has 1 aromatic heterocycles. The van der Waals surface area contributed by atoms with Crippen LogP contribution in [0.2, 0.25) is 0 Å². The van der Waals surface area contributed by atoms with Gasteiger partial charge < -0.3 is 10.2 Å². The molecule has 0 radical (unpaired) electrons. The maximum Gasteiger partial charge on any atom is 0.223 e. The van der Waals surface area contributed by atoms with E-state index in [-0.39, 0.29) is 11.8 Å². The summed E-state index contributed by atoms with van der Waals surface area (Å²) >= 11 is 1.89. The second-order valence-electron chi connectivity index (χ2n) is 5.94. The predicted molar refractivity (Wildman–Crippen MR) is 89.8 cm³/mol. The zero-order valence-corrected chi connectivity index (χ0v) is 14.1. The van der Waals surface area contributed by atoms with Crippen LogP contribution in [0.4, 0.5) is 0 Å². The van der Waals surface area contributed by atoms with Gasteiger partial charge in [-0.1, -0.05) is 19.9 Å². The Bertz CT molecular complexity index is 406. The predicted octanol–water partition coefficient (Wildman–Crippen LogP) is 3.48. The number of likely N-dealkylation sites (tertiary alicyclic amines) is 1. The fraction of sp³-hybridized carbons (Fsp3) is 0.706. The number of rotatable bonds is 7. The van der Waals surface area contributed by atoms with E-state index in [9.17, 15) is 4.79 Å². The van der Waals surface area contributed by atoms with Crippen LogP contribution in [0.1, 0.15) is 50.3 Å². The van der Waals surface area contributed by atoms with E-state index in [0.717, 1.165) is 44.9 Å². The largest absolute Gasteiger partial charge is 0.355 e. The third kappa shape index (κ3) is 4.82. The molecule has 1 aliphatic rings. The first-order valence-electron chi connectivity index (χ1n) is 8.28. The molecule has 1 fully saturated rings. The lowest BCUT2D eigenvalue weighted by molar-refractivity contribution is -0.125. The Morgan fingerprint density at radius 2 is 2.10 bits per heavy atom. The fourth-order valence-electron chi connectivity index (χ4n) is 3.11. The minimum Gasteiger partial charge on any atom is -0.355 e. The molecule has 1 aromatic rings. The van der Waals surface area contributed by atoms with Gasteiger partial charge in [0.15, 0.2) is 0 Å². The minimum absolute atomic E-state index is 0.189. The molecule has 0 atom stereocenters. The Labute approximate surface area is 132 Å². The summed E-state index contributed by atoms with van der Waals surface area (Å²) in [6, 6.07) is 4.42. The Morgan fingerprint density at radius 3 is 2.67 bits per heavy atom. The molecular formula is C17H28N2OS. The molecule has 0 aromatic carbocycles. The minimum atomic E-state index is 0.189. The van der Waals surface area contributed by atoms with Gasteiger partial charge in [-0.2, -0.15) is 0 Å². The summed E-state index contributed by atoms with van der Waals surface area (Å²) in [6.07, 6.45) is 4.38. The molecule has 118 valence electrons. The van der Waals surface area contributed by atoms with Crippen molar-refractivity contribution in [1.29, 1.82) is 0 Å². The Kier molecular flexibility index (Phi) is 6.71. The molecule has 1 aliphatic heterocycles. The van der Waals surface area contributed by atoms with E-state index >= 15 is 0 Å². The van der Waals surface area contributed by atoms with E-state index in [2.05, 4.69) is 41.6 Å². The van der Waals surface area contributed by atoms with Crippen LogP contribution in [0.3, 0.4) is 0 Å². The number of piperidine rings is 1. The quantitative estimate of drug-likeness (QED) is 0.836. The number of carbonyl (C=O) groups excluding carboxylic acids is 1. The number of hydrogen-bond acceptors (Lipinski definition) is 3. The van der Waals surface area contributed by atoms with E-state index in [0.29, 0.717) is 0 Å². The summed E-state index contributed by atoms with van der Waals surface area (Å²) in [5, 5.41) is 5.27. The third-order valence-electron chi connectivity index (χ3n) is 4.62. The van der Waals surface area contributed by atoms with Gasteiger partial charge in [0.05, 0.1) is 0 Å². The van der Waals surface area contributed by atoms with E-state index in [4.69, 9.17) is 0 Å². The molecule has 1 N–H and O–H groups in total. The summed E-state index contributed by atoms with van der Waals surface area (Å²) in [5.41, 5.74) is 0. The van der Waals surface area contributed by atoms with Gasteiger partial charge in [0, 0.05) is 23.9 Å². The number of carbonyl (C=O) groups is 1. The number of amides is 1. The second kappa shape index (κ2) is 8.54. The van der Waals surface area contributed by atoms with E-state index in [1.54, 1.807) is 0 Å². The lowest BCUT2D eigenvalue weighted by Crippen LogP contribution is -2.40. The highest BCUT2D eigenvalue weighted by Gasteiger charge is 2.21. The van der Waals surface area contributed by atoms with Crippen LogP contribution in [0.5, 0.6) is 0 Å². The fourth-order valence-corrected chi connectivity index (χ4v) is 4.01. The Morgan fingerprint density at radius 1 is 1.38 bits per heavy atom. The highest BCUT2D eigenvalue weighted by atomic mass is 32.1. The monoisotopic (exact) mass is 308 g/mol. The summed E-state index contributed by atoms with van der Waals surface area (Å²) in [6.45, 7) is 8.26. The van der Waals surface area contributed by atoms with Crippen molar-refractivity contribution >= 4 is 17.2 Å². The van der Waals surface area contributed by atoms with Crippen LogP contribution in [0.25, 0.3) is 0 Å². The molecule has 4 heteroatoms. The molecule has 0 saturated carbocycles. The van der Waals surface area contributed by atoms with Gasteiger partial charge in [-0.25, -0.2) is 0 Å². The van der Waals surface area contributed by atoms with E-state index < -0.39 is 0 Å². The smallest absolute Gasteiger partial charge is 0.223 e. The molecule has 3 nitrogen and oxygen atoms in total. The van der Waals surface area contributed by atoms with Crippen molar-refractivity contribution in [2.24, 2.45) is 5.92 Å². The van der Waals surface area contributed by atoms with Gasteiger partial charge in [0.1, 0.15) is 0 Å². The summed E-state index contributed by atoms with van der Waals surface area (Å²) in [4.78, 5) is 15.9. The Balaban J connectivity index is 1.64. The van der Waals surface area contributed by atoms with Gasteiger partial charge in [0.2, 0.25) is 5.91 Å². The molecule has 1 amide bonds. The van der Waals surface area contributed by atoms with Crippen molar-refractivity contribution in [3.8, 4) is 0 Å². The second-order valence-corrected chi connectivity index (χ2v) is 6.92. The molecule has 2 rings (SSSR count). The zero-order valence-electron chi connectivity index (χ0n) is 13.3. The molecule has 0 spiro atoms. The zero-order chi connectivity index (χ0) is 15.1. The molecule has 0 aliphatic carbocycles. The lowest BCUT2D eigenvalue weighted by Gasteiger charge is -2.31. The van der Waals surface area contributed by atoms with Crippen molar-refractivity contribution in [2.75, 3.05) is 26.2 Å². The Hall–Kier alpha value is -0.870. The van der Waals surface area contributed by atoms with Gasteiger partial charge >= 0.3 is 0 Å². The average molecular weight is 308 g/mol. The highest BCUT2D eigenvalue weighted by molar-refractivity contribution is 7.10. The number of thiophene rings is 1. The molecule has 0 unspecified atom stereocenters. The molecule has 21 heavy (non-hydrogen) atoms. The van der Waals surface area contributed by atoms with Crippen LogP contribution in [0.15, 0.2) is 17.5 Å². The SMILES string of the molecule is CCC(CC)C(=O)NCCN1CCC(c2cccs2)CC1. The number of hydrogen-bond donors (Lipinski definition) is 1. The number of nitrogens with zero attached hydrogens (tertiary/aromatic N) is 1. The summed E-state index contributed by atoms with van der Waals surface area (Å²) < 4.78 is 0. The lowest BCUT2D eigenvalue weighted by atomic mass is 9.95. The first kappa shape index (κ1) is 16.5. The van der Waals surface area contributed by atoms with Gasteiger partial charge in [-0.15, -0.1) is 11.3 Å². The van der Waals surface area contributed by atoms with Crippen molar-refractivity contribution in [2.45, 2.75) is 45.4 Å². The highest BCUT2D eigenvalue weighted by Crippen LogP contribution is 2.30. The van der Waals surface area contributed by atoms with E-state index in [1.807, 2.05) is 11.3 Å². The third-order valence-corrected chi connectivity index (χ3v) is 5.65. The van der Waals surface area contributed by atoms with E-state index in [1.165, 1.54) is 17.7 Å². The van der Waals surface area contributed by atoms with Crippen LogP contribution >= 0.6 is 11.3 Å². The van der Waals surface area contributed by atoms with Crippen LogP contribution < -0.4 is 5.32 Å². The molecular weight excluding hydrogens is 280 g/mol. The summed E-state index contributed by atoms with van der Waals surface area (Å²) in [5.74, 6) is 1.17. The van der Waals surface area contributed by atoms with Gasteiger partial charge in [0.25, 0.3) is 0 Å². The summed E-state index contributed by atoms with van der Waals surface area (Å²) in [7, 11) is 0. The molecule has 2 heterocycles. The standard InChI is InChI=1S/C17H28N2OS/c1-3-14(4-2)17(20)18-9-12-19-10-7-15(8-11-19)16-6-5-13-21-16/h5-6,13-15H,3-4,7-12H2,1-2H3,(H,18,20). The van der Waals surface area contributed by atoms with Crippen molar-refractivity contribution < 1.29 is 4.79 Å². The first-order chi connectivity index (χ1) is 10.2. The van der Waals surface area contributed by atoms with Gasteiger partial charge in [-0.3, -0.25) is 4.79 Å². The first-order valence-corrected chi connectivity index (χ1v) is 9.16. The normalized spacial score (nSPS) is 17.3. The number of nitrogens with one attached hydrogen (secondary N) is 1. The van der Waals surface area contributed by atoms with Gasteiger partial charge in [-0.05, 0) is 56.1 Å². The maximum absolute atomic E-state index is 11.9. The van der Waals surface area contributed by atoms with Crippen LogP contribution in [0, 0.1) is 5.92 Å². The average Bonchev–Trinajstić information content (AvgIpc) is 3.03. The van der Waals surface area contributed by atoms with Crippen molar-refractivity contribution in [3.05, 3.63) is 22.4 Å².